The molecule has 0 amide bonds. The highest BCUT2D eigenvalue weighted by molar-refractivity contribution is 7.18. The van der Waals surface area contributed by atoms with Gasteiger partial charge in [-0.1, -0.05) is 12.1 Å². The van der Waals surface area contributed by atoms with Crippen LogP contribution in [0.25, 0.3) is 10.2 Å². The van der Waals surface area contributed by atoms with Crippen LogP contribution in [0.3, 0.4) is 0 Å². The number of thiazole rings is 1. The maximum atomic E-state index is 5.66. The largest absolute Gasteiger partial charge is 0.377 e. The standard InChI is InChI=1S/C14H20N2OS/c1-4-17-10(2)12(15-3)9-14-16-11-7-5-6-8-13(11)18-14/h5-8,10,12,15H,4,9H2,1-3H3. The molecule has 0 fully saturated rings. The molecule has 0 aliphatic carbocycles. The third-order valence-electron chi connectivity index (χ3n) is 3.10. The number of likely N-dealkylation sites (N-methyl/N-ethyl adjacent to an activating group) is 1. The van der Waals surface area contributed by atoms with Gasteiger partial charge in [0.25, 0.3) is 0 Å². The average molecular weight is 264 g/mol. The zero-order valence-electron chi connectivity index (χ0n) is 11.1. The van der Waals surface area contributed by atoms with Crippen LogP contribution in [-0.2, 0) is 11.2 Å². The molecule has 3 nitrogen and oxygen atoms in total. The Kier molecular flexibility index (Phi) is 4.69. The fourth-order valence-corrected chi connectivity index (χ4v) is 3.10. The highest BCUT2D eigenvalue weighted by atomic mass is 32.1. The van der Waals surface area contributed by atoms with Crippen molar-refractivity contribution < 1.29 is 4.74 Å². The Morgan fingerprint density at radius 2 is 2.17 bits per heavy atom. The highest BCUT2D eigenvalue weighted by Crippen LogP contribution is 2.23. The monoisotopic (exact) mass is 264 g/mol. The number of hydrogen-bond donors (Lipinski definition) is 1. The molecule has 1 heterocycles. The van der Waals surface area contributed by atoms with Crippen LogP contribution in [0, 0.1) is 0 Å². The van der Waals surface area contributed by atoms with E-state index in [9.17, 15) is 0 Å². The van der Waals surface area contributed by atoms with E-state index >= 15 is 0 Å². The van der Waals surface area contributed by atoms with Crippen molar-refractivity contribution in [3.05, 3.63) is 29.3 Å². The zero-order valence-corrected chi connectivity index (χ0v) is 12.0. The molecule has 0 aliphatic rings. The molecule has 4 heteroatoms. The normalized spacial score (nSPS) is 14.8. The number of benzene rings is 1. The summed E-state index contributed by atoms with van der Waals surface area (Å²) >= 11 is 1.77. The summed E-state index contributed by atoms with van der Waals surface area (Å²) < 4.78 is 6.91. The molecular formula is C14H20N2OS. The van der Waals surface area contributed by atoms with Crippen molar-refractivity contribution in [2.75, 3.05) is 13.7 Å². The van der Waals surface area contributed by atoms with Crippen LogP contribution in [0.5, 0.6) is 0 Å². The quantitative estimate of drug-likeness (QED) is 0.871. The van der Waals surface area contributed by atoms with Crippen molar-refractivity contribution in [1.29, 1.82) is 0 Å². The molecule has 0 saturated heterocycles. The minimum Gasteiger partial charge on any atom is -0.377 e. The summed E-state index contributed by atoms with van der Waals surface area (Å²) in [4.78, 5) is 4.67. The van der Waals surface area contributed by atoms with Gasteiger partial charge in [0.15, 0.2) is 0 Å². The number of fused-ring (bicyclic) bond motifs is 1. The van der Waals surface area contributed by atoms with Gasteiger partial charge in [-0.05, 0) is 33.0 Å². The summed E-state index contributed by atoms with van der Waals surface area (Å²) in [5.41, 5.74) is 1.09. The smallest absolute Gasteiger partial charge is 0.0955 e. The second-order valence-electron chi connectivity index (χ2n) is 4.34. The summed E-state index contributed by atoms with van der Waals surface area (Å²) in [6.07, 6.45) is 1.11. The van der Waals surface area contributed by atoms with E-state index in [-0.39, 0.29) is 6.10 Å². The van der Waals surface area contributed by atoms with Crippen LogP contribution in [0.1, 0.15) is 18.9 Å². The van der Waals surface area contributed by atoms with Crippen molar-refractivity contribution in [1.82, 2.24) is 10.3 Å². The first-order chi connectivity index (χ1) is 8.74. The molecule has 0 aliphatic heterocycles. The van der Waals surface area contributed by atoms with Gasteiger partial charge in [0, 0.05) is 19.1 Å². The fraction of sp³-hybridized carbons (Fsp3) is 0.500. The predicted molar refractivity (Wildman–Crippen MR) is 77.3 cm³/mol. The maximum absolute atomic E-state index is 5.66. The molecule has 1 N–H and O–H groups in total. The van der Waals surface area contributed by atoms with Gasteiger partial charge in [-0.15, -0.1) is 11.3 Å². The van der Waals surface area contributed by atoms with Gasteiger partial charge in [-0.2, -0.15) is 0 Å². The summed E-state index contributed by atoms with van der Waals surface area (Å²) in [7, 11) is 1.98. The zero-order chi connectivity index (χ0) is 13.0. The summed E-state index contributed by atoms with van der Waals surface area (Å²) in [5, 5.41) is 4.49. The Morgan fingerprint density at radius 3 is 2.83 bits per heavy atom. The fourth-order valence-electron chi connectivity index (χ4n) is 2.08. The van der Waals surface area contributed by atoms with Crippen molar-refractivity contribution >= 4 is 21.6 Å². The molecule has 98 valence electrons. The Balaban J connectivity index is 2.11. The molecule has 0 radical (unpaired) electrons. The van der Waals surface area contributed by atoms with Crippen LogP contribution in [0.15, 0.2) is 24.3 Å². The first kappa shape index (κ1) is 13.5. The number of nitrogens with one attached hydrogen (secondary N) is 1. The summed E-state index contributed by atoms with van der Waals surface area (Å²) in [5.74, 6) is 0. The van der Waals surface area contributed by atoms with E-state index in [4.69, 9.17) is 4.74 Å². The van der Waals surface area contributed by atoms with Gasteiger partial charge in [0.05, 0.1) is 21.3 Å². The lowest BCUT2D eigenvalue weighted by molar-refractivity contribution is 0.0497. The van der Waals surface area contributed by atoms with Crippen molar-refractivity contribution in [3.63, 3.8) is 0 Å². The average Bonchev–Trinajstić information content (AvgIpc) is 2.78. The third-order valence-corrected chi connectivity index (χ3v) is 4.16. The van der Waals surface area contributed by atoms with Gasteiger partial charge < -0.3 is 10.1 Å². The molecule has 0 bridgehead atoms. The van der Waals surface area contributed by atoms with Gasteiger partial charge in [-0.3, -0.25) is 0 Å². The maximum Gasteiger partial charge on any atom is 0.0955 e. The number of nitrogens with zero attached hydrogens (tertiary/aromatic N) is 1. The van der Waals surface area contributed by atoms with Crippen LogP contribution in [0.2, 0.25) is 0 Å². The molecule has 0 saturated carbocycles. The van der Waals surface area contributed by atoms with Crippen LogP contribution in [-0.4, -0.2) is 30.8 Å². The van der Waals surface area contributed by atoms with Crippen molar-refractivity contribution in [2.45, 2.75) is 32.4 Å². The van der Waals surface area contributed by atoms with Crippen molar-refractivity contribution in [2.24, 2.45) is 0 Å². The van der Waals surface area contributed by atoms with E-state index in [1.54, 1.807) is 11.3 Å². The highest BCUT2D eigenvalue weighted by Gasteiger charge is 2.18. The van der Waals surface area contributed by atoms with Crippen LogP contribution < -0.4 is 5.32 Å². The lowest BCUT2D eigenvalue weighted by Gasteiger charge is -2.22. The number of ether oxygens (including phenoxy) is 1. The van der Waals surface area contributed by atoms with E-state index in [1.807, 2.05) is 20.0 Å². The van der Waals surface area contributed by atoms with E-state index < -0.39 is 0 Å². The third kappa shape index (κ3) is 3.07. The predicted octanol–water partition coefficient (Wildman–Crippen LogP) is 2.85. The number of para-hydroxylation sites is 1. The molecule has 1 aromatic carbocycles. The van der Waals surface area contributed by atoms with Crippen LogP contribution >= 0.6 is 11.3 Å². The molecule has 2 aromatic rings. The van der Waals surface area contributed by atoms with Crippen molar-refractivity contribution in [3.8, 4) is 0 Å². The molecule has 2 rings (SSSR count). The Bertz CT molecular complexity index is 464. The molecule has 2 atom stereocenters. The lowest BCUT2D eigenvalue weighted by atomic mass is 10.1. The minimum atomic E-state index is 0.201. The first-order valence-corrected chi connectivity index (χ1v) is 7.19. The molecule has 0 spiro atoms. The Hall–Kier alpha value is -0.970. The first-order valence-electron chi connectivity index (χ1n) is 6.38. The van der Waals surface area contributed by atoms with Gasteiger partial charge in [-0.25, -0.2) is 4.98 Å². The second kappa shape index (κ2) is 6.27. The number of aromatic nitrogens is 1. The molecule has 18 heavy (non-hydrogen) atoms. The van der Waals surface area contributed by atoms with Gasteiger partial charge in [0.1, 0.15) is 0 Å². The SMILES string of the molecule is CCOC(C)C(Cc1nc2ccccc2s1)NC. The summed E-state index contributed by atoms with van der Waals surface area (Å²) in [6.45, 7) is 4.89. The number of hydrogen-bond acceptors (Lipinski definition) is 4. The van der Waals surface area contributed by atoms with E-state index in [1.165, 1.54) is 9.71 Å². The molecule has 1 aromatic heterocycles. The van der Waals surface area contributed by atoms with E-state index in [2.05, 4.69) is 35.4 Å². The molecular weight excluding hydrogens is 244 g/mol. The van der Waals surface area contributed by atoms with E-state index in [0.717, 1.165) is 18.5 Å². The van der Waals surface area contributed by atoms with Gasteiger partial charge in [0.2, 0.25) is 0 Å². The molecule has 2 unspecified atom stereocenters. The Labute approximate surface area is 112 Å². The number of rotatable bonds is 6. The van der Waals surface area contributed by atoms with Gasteiger partial charge >= 0.3 is 0 Å². The lowest BCUT2D eigenvalue weighted by Crippen LogP contribution is -2.39. The minimum absolute atomic E-state index is 0.201. The summed E-state index contributed by atoms with van der Waals surface area (Å²) in [6, 6.07) is 8.59. The Morgan fingerprint density at radius 1 is 1.39 bits per heavy atom. The van der Waals surface area contributed by atoms with Crippen LogP contribution in [0.4, 0.5) is 0 Å². The van der Waals surface area contributed by atoms with E-state index in [0.29, 0.717) is 6.04 Å². The topological polar surface area (TPSA) is 34.1 Å². The second-order valence-corrected chi connectivity index (χ2v) is 5.45.